The van der Waals surface area contributed by atoms with Crippen molar-refractivity contribution < 1.29 is 13.2 Å². The monoisotopic (exact) mass is 234 g/mol. The molecule has 1 aromatic carbocycles. The Kier molecular flexibility index (Phi) is 3.07. The Hall–Kier alpha value is -0.740. The molecule has 0 bridgehead atoms. The van der Waals surface area contributed by atoms with Crippen molar-refractivity contribution in [3.8, 4) is 5.75 Å². The van der Waals surface area contributed by atoms with E-state index in [4.69, 9.17) is 15.4 Å². The van der Waals surface area contributed by atoms with Crippen LogP contribution in [-0.2, 0) is 9.05 Å². The summed E-state index contributed by atoms with van der Waals surface area (Å²) in [6, 6.07) is 3.17. The smallest absolute Gasteiger partial charge is 0.261 e. The molecule has 0 fully saturated rings. The van der Waals surface area contributed by atoms with Gasteiger partial charge in [-0.25, -0.2) is 8.42 Å². The molecular formula is C9H11ClO3S. The number of rotatable bonds is 2. The van der Waals surface area contributed by atoms with Crippen molar-refractivity contribution >= 4 is 19.7 Å². The van der Waals surface area contributed by atoms with Crippen LogP contribution in [0.4, 0.5) is 0 Å². The first kappa shape index (κ1) is 11.3. The van der Waals surface area contributed by atoms with Crippen molar-refractivity contribution in [2.45, 2.75) is 18.7 Å². The summed E-state index contributed by atoms with van der Waals surface area (Å²) in [5.41, 5.74) is 1.51. The summed E-state index contributed by atoms with van der Waals surface area (Å²) < 4.78 is 27.3. The molecule has 1 aromatic rings. The maximum Gasteiger partial charge on any atom is 0.261 e. The molecule has 78 valence electrons. The van der Waals surface area contributed by atoms with Gasteiger partial charge in [-0.05, 0) is 25.0 Å². The summed E-state index contributed by atoms with van der Waals surface area (Å²) in [6.07, 6.45) is 0. The van der Waals surface area contributed by atoms with Crippen molar-refractivity contribution in [3.05, 3.63) is 23.3 Å². The van der Waals surface area contributed by atoms with Gasteiger partial charge in [0, 0.05) is 16.7 Å². The van der Waals surface area contributed by atoms with Crippen LogP contribution in [0.2, 0.25) is 0 Å². The summed E-state index contributed by atoms with van der Waals surface area (Å²) in [5, 5.41) is 0. The average Bonchev–Trinajstić information content (AvgIpc) is 2.02. The maximum absolute atomic E-state index is 11.1. The van der Waals surface area contributed by atoms with Gasteiger partial charge in [0.25, 0.3) is 9.05 Å². The molecule has 0 N–H and O–H groups in total. The Labute approximate surface area is 88.1 Å². The molecule has 1 rings (SSSR count). The highest BCUT2D eigenvalue weighted by atomic mass is 35.7. The lowest BCUT2D eigenvalue weighted by atomic mass is 10.1. The lowest BCUT2D eigenvalue weighted by Crippen LogP contribution is -1.97. The third-order valence-corrected chi connectivity index (χ3v) is 3.42. The molecule has 0 saturated heterocycles. The fourth-order valence-corrected chi connectivity index (χ4v) is 2.49. The fourth-order valence-electron chi connectivity index (χ4n) is 1.30. The molecule has 0 amide bonds. The minimum atomic E-state index is -3.69. The number of halogens is 1. The number of hydrogen-bond donors (Lipinski definition) is 0. The molecule has 0 saturated carbocycles. The largest absolute Gasteiger partial charge is 0.496 e. The number of hydrogen-bond acceptors (Lipinski definition) is 3. The first-order chi connectivity index (χ1) is 6.36. The summed E-state index contributed by atoms with van der Waals surface area (Å²) in [6.45, 7) is 3.54. The fraction of sp³-hybridized carbons (Fsp3) is 0.333. The Balaban J connectivity index is 3.47. The Morgan fingerprint density at radius 2 is 1.79 bits per heavy atom. The van der Waals surface area contributed by atoms with Gasteiger partial charge in [-0.3, -0.25) is 0 Å². The first-order valence-electron chi connectivity index (χ1n) is 3.96. The van der Waals surface area contributed by atoms with Gasteiger partial charge < -0.3 is 4.74 Å². The first-order valence-corrected chi connectivity index (χ1v) is 6.27. The van der Waals surface area contributed by atoms with E-state index in [-0.39, 0.29) is 4.90 Å². The third kappa shape index (κ3) is 2.19. The highest BCUT2D eigenvalue weighted by Crippen LogP contribution is 2.27. The van der Waals surface area contributed by atoms with E-state index in [0.29, 0.717) is 11.3 Å². The predicted molar refractivity (Wildman–Crippen MR) is 55.5 cm³/mol. The van der Waals surface area contributed by atoms with Crippen molar-refractivity contribution in [2.24, 2.45) is 0 Å². The van der Waals surface area contributed by atoms with E-state index in [2.05, 4.69) is 0 Å². The third-order valence-electron chi connectivity index (χ3n) is 1.96. The normalized spacial score (nSPS) is 11.4. The summed E-state index contributed by atoms with van der Waals surface area (Å²) in [5.74, 6) is 0.523. The van der Waals surface area contributed by atoms with E-state index in [1.807, 2.05) is 6.92 Å². The van der Waals surface area contributed by atoms with Crippen LogP contribution >= 0.6 is 10.7 Å². The molecule has 0 unspecified atom stereocenters. The summed E-state index contributed by atoms with van der Waals surface area (Å²) >= 11 is 0. The molecule has 0 atom stereocenters. The quantitative estimate of drug-likeness (QED) is 0.738. The zero-order valence-corrected chi connectivity index (χ0v) is 9.74. The Bertz CT molecular complexity index is 451. The minimum Gasteiger partial charge on any atom is -0.496 e. The molecule has 0 spiro atoms. The van der Waals surface area contributed by atoms with Crippen LogP contribution < -0.4 is 4.74 Å². The van der Waals surface area contributed by atoms with Gasteiger partial charge in [0.2, 0.25) is 0 Å². The van der Waals surface area contributed by atoms with Crippen molar-refractivity contribution in [3.63, 3.8) is 0 Å². The topological polar surface area (TPSA) is 43.4 Å². The average molecular weight is 235 g/mol. The zero-order valence-electron chi connectivity index (χ0n) is 8.17. The second kappa shape index (κ2) is 3.79. The van der Waals surface area contributed by atoms with Crippen LogP contribution in [0.15, 0.2) is 17.0 Å². The molecule has 0 aromatic heterocycles. The molecule has 0 aliphatic heterocycles. The maximum atomic E-state index is 11.1. The zero-order chi connectivity index (χ0) is 10.9. The summed E-state index contributed by atoms with van der Waals surface area (Å²) in [4.78, 5) is 0.0987. The number of ether oxygens (including phenoxy) is 1. The molecule has 3 nitrogen and oxygen atoms in total. The van der Waals surface area contributed by atoms with Gasteiger partial charge in [-0.1, -0.05) is 6.07 Å². The van der Waals surface area contributed by atoms with Crippen LogP contribution in [0.5, 0.6) is 5.75 Å². The van der Waals surface area contributed by atoms with Gasteiger partial charge in [0.15, 0.2) is 0 Å². The van der Waals surface area contributed by atoms with Gasteiger partial charge in [-0.15, -0.1) is 0 Å². The Morgan fingerprint density at radius 3 is 2.21 bits per heavy atom. The molecule has 0 radical (unpaired) electrons. The molecule has 0 heterocycles. The lowest BCUT2D eigenvalue weighted by molar-refractivity contribution is 0.410. The van der Waals surface area contributed by atoms with Crippen LogP contribution in [0.3, 0.4) is 0 Å². The van der Waals surface area contributed by atoms with Gasteiger partial charge in [-0.2, -0.15) is 0 Å². The van der Waals surface area contributed by atoms with E-state index < -0.39 is 9.05 Å². The van der Waals surface area contributed by atoms with Gasteiger partial charge in [0.05, 0.1) is 12.0 Å². The predicted octanol–water partition coefficient (Wildman–Crippen LogP) is 2.24. The lowest BCUT2D eigenvalue weighted by Gasteiger charge is -2.08. The van der Waals surface area contributed by atoms with E-state index >= 15 is 0 Å². The van der Waals surface area contributed by atoms with E-state index in [9.17, 15) is 8.42 Å². The van der Waals surface area contributed by atoms with E-state index in [0.717, 1.165) is 5.56 Å². The SMILES string of the molecule is COc1cc(S(=O)(=O)Cl)c(C)cc1C. The van der Waals surface area contributed by atoms with Crippen molar-refractivity contribution in [2.75, 3.05) is 7.11 Å². The standard InChI is InChI=1S/C9H11ClO3S/c1-6-4-7(2)9(14(10,11)12)5-8(6)13-3/h4-5H,1-3H3. The molecular weight excluding hydrogens is 224 g/mol. The van der Waals surface area contributed by atoms with Crippen LogP contribution in [0.25, 0.3) is 0 Å². The number of benzene rings is 1. The van der Waals surface area contributed by atoms with E-state index in [1.165, 1.54) is 13.2 Å². The van der Waals surface area contributed by atoms with Gasteiger partial charge in [0.1, 0.15) is 5.75 Å². The van der Waals surface area contributed by atoms with Crippen molar-refractivity contribution in [1.82, 2.24) is 0 Å². The second-order valence-electron chi connectivity index (χ2n) is 3.03. The minimum absolute atomic E-state index is 0.0987. The highest BCUT2D eigenvalue weighted by Gasteiger charge is 2.15. The highest BCUT2D eigenvalue weighted by molar-refractivity contribution is 8.13. The summed E-state index contributed by atoms with van der Waals surface area (Å²) in [7, 11) is 3.06. The van der Waals surface area contributed by atoms with Gasteiger partial charge >= 0.3 is 0 Å². The second-order valence-corrected chi connectivity index (χ2v) is 5.56. The molecule has 0 aliphatic carbocycles. The Morgan fingerprint density at radius 1 is 1.21 bits per heavy atom. The van der Waals surface area contributed by atoms with E-state index in [1.54, 1.807) is 13.0 Å². The molecule has 5 heteroatoms. The number of methoxy groups -OCH3 is 1. The molecule has 0 aliphatic rings. The van der Waals surface area contributed by atoms with Crippen LogP contribution in [-0.4, -0.2) is 15.5 Å². The van der Waals surface area contributed by atoms with Crippen LogP contribution in [0, 0.1) is 13.8 Å². The van der Waals surface area contributed by atoms with Crippen molar-refractivity contribution in [1.29, 1.82) is 0 Å². The number of aryl methyl sites for hydroxylation is 2. The van der Waals surface area contributed by atoms with Crippen LogP contribution in [0.1, 0.15) is 11.1 Å². The molecule has 14 heavy (non-hydrogen) atoms.